The molecule has 0 aromatic heterocycles. The number of aliphatic hydroxyl groups is 1. The van der Waals surface area contributed by atoms with Crippen molar-refractivity contribution in [2.75, 3.05) is 0 Å². The molecular formula is C15H11F3O2. The number of ether oxygens (including phenoxy) is 1. The van der Waals surface area contributed by atoms with Crippen LogP contribution in [0, 0.1) is 17.5 Å². The molecule has 5 heteroatoms. The third-order valence-corrected chi connectivity index (χ3v) is 3.29. The highest BCUT2D eigenvalue weighted by atomic mass is 19.1. The summed E-state index contributed by atoms with van der Waals surface area (Å²) in [6.07, 6.45) is -1.50. The molecule has 0 bridgehead atoms. The maximum absolute atomic E-state index is 13.2. The fourth-order valence-electron chi connectivity index (χ4n) is 2.38. The highest BCUT2D eigenvalue weighted by molar-refractivity contribution is 5.39. The fourth-order valence-corrected chi connectivity index (χ4v) is 2.38. The van der Waals surface area contributed by atoms with Crippen molar-refractivity contribution in [2.24, 2.45) is 0 Å². The standard InChI is InChI=1S/C15H11F3O2/c16-9-1-2-14-12(6-9)13(19)7-15(20-14)8-3-10(17)5-11(18)4-8/h1-6,13,15,19H,7H2/t13-,15?/m1/s1. The van der Waals surface area contributed by atoms with Crippen molar-refractivity contribution in [3.8, 4) is 5.75 Å². The zero-order valence-electron chi connectivity index (χ0n) is 10.3. The Morgan fingerprint density at radius 1 is 0.950 bits per heavy atom. The smallest absolute Gasteiger partial charge is 0.127 e. The molecule has 0 saturated carbocycles. The van der Waals surface area contributed by atoms with Gasteiger partial charge in [0.15, 0.2) is 0 Å². The van der Waals surface area contributed by atoms with Gasteiger partial charge in [-0.15, -0.1) is 0 Å². The van der Waals surface area contributed by atoms with Crippen molar-refractivity contribution in [3.63, 3.8) is 0 Å². The molecular weight excluding hydrogens is 269 g/mol. The van der Waals surface area contributed by atoms with Crippen molar-refractivity contribution < 1.29 is 23.0 Å². The van der Waals surface area contributed by atoms with Gasteiger partial charge in [0.1, 0.15) is 29.3 Å². The Hall–Kier alpha value is -2.01. The predicted octanol–water partition coefficient (Wildman–Crippen LogP) is 3.66. The number of halogens is 3. The van der Waals surface area contributed by atoms with Gasteiger partial charge in [0.2, 0.25) is 0 Å². The highest BCUT2D eigenvalue weighted by Gasteiger charge is 2.29. The second kappa shape index (κ2) is 4.83. The molecule has 1 N–H and O–H groups in total. The third-order valence-electron chi connectivity index (χ3n) is 3.29. The molecule has 2 atom stereocenters. The lowest BCUT2D eigenvalue weighted by Gasteiger charge is -2.30. The van der Waals surface area contributed by atoms with Crippen LogP contribution >= 0.6 is 0 Å². The van der Waals surface area contributed by atoms with E-state index in [9.17, 15) is 18.3 Å². The Morgan fingerprint density at radius 2 is 1.65 bits per heavy atom. The summed E-state index contributed by atoms with van der Waals surface area (Å²) < 4.78 is 45.2. The largest absolute Gasteiger partial charge is 0.485 e. The first kappa shape index (κ1) is 13.0. The summed E-state index contributed by atoms with van der Waals surface area (Å²) in [4.78, 5) is 0. The van der Waals surface area contributed by atoms with Crippen molar-refractivity contribution >= 4 is 0 Å². The van der Waals surface area contributed by atoms with E-state index in [-0.39, 0.29) is 6.42 Å². The van der Waals surface area contributed by atoms with Crippen LogP contribution in [0.4, 0.5) is 13.2 Å². The van der Waals surface area contributed by atoms with Gasteiger partial charge in [0.25, 0.3) is 0 Å². The van der Waals surface area contributed by atoms with E-state index in [1.54, 1.807) is 0 Å². The first-order valence-corrected chi connectivity index (χ1v) is 6.13. The summed E-state index contributed by atoms with van der Waals surface area (Å²) in [5, 5.41) is 10.0. The Morgan fingerprint density at radius 3 is 2.35 bits per heavy atom. The Labute approximate surface area is 113 Å². The van der Waals surface area contributed by atoms with E-state index < -0.39 is 29.7 Å². The van der Waals surface area contributed by atoms with E-state index in [1.807, 2.05) is 0 Å². The zero-order valence-corrected chi connectivity index (χ0v) is 10.3. The van der Waals surface area contributed by atoms with Gasteiger partial charge >= 0.3 is 0 Å². The average Bonchev–Trinajstić information content (AvgIpc) is 2.38. The van der Waals surface area contributed by atoms with Gasteiger partial charge in [-0.05, 0) is 35.9 Å². The number of rotatable bonds is 1. The molecule has 2 aromatic rings. The number of aliphatic hydroxyl groups excluding tert-OH is 1. The minimum Gasteiger partial charge on any atom is -0.485 e. The topological polar surface area (TPSA) is 29.5 Å². The van der Waals surface area contributed by atoms with Gasteiger partial charge in [0.05, 0.1) is 6.10 Å². The molecule has 2 nitrogen and oxygen atoms in total. The second-order valence-electron chi connectivity index (χ2n) is 4.74. The molecule has 1 heterocycles. The van der Waals surface area contributed by atoms with E-state index in [0.29, 0.717) is 16.9 Å². The van der Waals surface area contributed by atoms with Crippen LogP contribution in [0.2, 0.25) is 0 Å². The van der Waals surface area contributed by atoms with Crippen molar-refractivity contribution in [2.45, 2.75) is 18.6 Å². The zero-order chi connectivity index (χ0) is 14.3. The molecule has 0 radical (unpaired) electrons. The van der Waals surface area contributed by atoms with Gasteiger partial charge in [-0.3, -0.25) is 0 Å². The fraction of sp³-hybridized carbons (Fsp3) is 0.200. The molecule has 1 unspecified atom stereocenters. The Balaban J connectivity index is 1.96. The van der Waals surface area contributed by atoms with E-state index in [0.717, 1.165) is 18.2 Å². The van der Waals surface area contributed by atoms with E-state index in [1.165, 1.54) is 18.2 Å². The summed E-state index contributed by atoms with van der Waals surface area (Å²) in [5.74, 6) is -1.56. The second-order valence-corrected chi connectivity index (χ2v) is 4.74. The van der Waals surface area contributed by atoms with Crippen LogP contribution in [0.5, 0.6) is 5.75 Å². The van der Waals surface area contributed by atoms with Crippen molar-refractivity contribution in [3.05, 3.63) is 65.0 Å². The monoisotopic (exact) mass is 280 g/mol. The summed E-state index contributed by atoms with van der Waals surface area (Å²) in [5.41, 5.74) is 0.648. The van der Waals surface area contributed by atoms with Gasteiger partial charge in [-0.2, -0.15) is 0 Å². The average molecular weight is 280 g/mol. The third kappa shape index (κ3) is 2.36. The molecule has 1 aliphatic rings. The molecule has 2 aromatic carbocycles. The minimum absolute atomic E-state index is 0.110. The maximum atomic E-state index is 13.2. The van der Waals surface area contributed by atoms with Crippen LogP contribution in [-0.4, -0.2) is 5.11 Å². The molecule has 20 heavy (non-hydrogen) atoms. The van der Waals surface area contributed by atoms with Gasteiger partial charge in [-0.1, -0.05) is 0 Å². The summed E-state index contributed by atoms with van der Waals surface area (Å²) in [6, 6.07) is 6.90. The van der Waals surface area contributed by atoms with Crippen molar-refractivity contribution in [1.82, 2.24) is 0 Å². The molecule has 0 aliphatic carbocycles. The molecule has 0 saturated heterocycles. The first-order valence-electron chi connectivity index (χ1n) is 6.13. The SMILES string of the molecule is O[C@@H]1CC(c2cc(F)cc(F)c2)Oc2ccc(F)cc21. The summed E-state index contributed by atoms with van der Waals surface area (Å²) in [6.45, 7) is 0. The van der Waals surface area contributed by atoms with E-state index in [4.69, 9.17) is 4.74 Å². The van der Waals surface area contributed by atoms with Gasteiger partial charge < -0.3 is 9.84 Å². The van der Waals surface area contributed by atoms with Crippen LogP contribution in [0.1, 0.15) is 29.8 Å². The number of hydrogen-bond donors (Lipinski definition) is 1. The van der Waals surface area contributed by atoms with Crippen LogP contribution in [0.15, 0.2) is 36.4 Å². The minimum atomic E-state index is -0.939. The number of hydrogen-bond acceptors (Lipinski definition) is 2. The number of fused-ring (bicyclic) bond motifs is 1. The van der Waals surface area contributed by atoms with E-state index >= 15 is 0 Å². The quantitative estimate of drug-likeness (QED) is 0.863. The Kier molecular flexibility index (Phi) is 3.14. The maximum Gasteiger partial charge on any atom is 0.127 e. The van der Waals surface area contributed by atoms with Crippen LogP contribution < -0.4 is 4.74 Å². The summed E-state index contributed by atoms with van der Waals surface area (Å²) in [7, 11) is 0. The molecule has 104 valence electrons. The molecule has 0 amide bonds. The molecule has 1 aliphatic heterocycles. The lowest BCUT2D eigenvalue weighted by atomic mass is 9.95. The lowest BCUT2D eigenvalue weighted by Crippen LogP contribution is -2.19. The van der Waals surface area contributed by atoms with Crippen LogP contribution in [0.3, 0.4) is 0 Å². The van der Waals surface area contributed by atoms with Crippen molar-refractivity contribution in [1.29, 1.82) is 0 Å². The highest BCUT2D eigenvalue weighted by Crippen LogP contribution is 2.41. The molecule has 3 rings (SSSR count). The molecule has 0 spiro atoms. The summed E-state index contributed by atoms with van der Waals surface area (Å²) >= 11 is 0. The first-order chi connectivity index (χ1) is 9.52. The van der Waals surface area contributed by atoms with Crippen LogP contribution in [-0.2, 0) is 0 Å². The normalized spacial score (nSPS) is 21.2. The van der Waals surface area contributed by atoms with Gasteiger partial charge in [0, 0.05) is 18.1 Å². The number of benzene rings is 2. The Bertz CT molecular complexity index is 637. The molecule has 0 fully saturated rings. The van der Waals surface area contributed by atoms with Crippen LogP contribution in [0.25, 0.3) is 0 Å². The van der Waals surface area contributed by atoms with Gasteiger partial charge in [-0.25, -0.2) is 13.2 Å². The lowest BCUT2D eigenvalue weighted by molar-refractivity contribution is 0.0650. The van der Waals surface area contributed by atoms with E-state index in [2.05, 4.69) is 0 Å². The predicted molar refractivity (Wildman–Crippen MR) is 65.7 cm³/mol.